The Morgan fingerprint density at radius 2 is 2.04 bits per heavy atom. The third kappa shape index (κ3) is 3.57. The molecule has 1 aromatic heterocycles. The van der Waals surface area contributed by atoms with E-state index in [1.165, 1.54) is 11.8 Å². The highest BCUT2D eigenvalue weighted by atomic mass is 32.2. The average molecular weight is 375 g/mol. The highest BCUT2D eigenvalue weighted by molar-refractivity contribution is 8.18. The van der Waals surface area contributed by atoms with Crippen LogP contribution in [0.4, 0.5) is 5.69 Å². The number of thioether (sulfide) groups is 1. The molecule has 134 valence electrons. The maximum absolute atomic E-state index is 12.3. The van der Waals surface area contributed by atoms with Gasteiger partial charge in [-0.3, -0.25) is 9.78 Å². The topological polar surface area (TPSA) is 63.6 Å². The third-order valence-electron chi connectivity index (χ3n) is 4.23. The number of amidine groups is 1. The molecule has 0 saturated carbocycles. The minimum Gasteiger partial charge on any atom is -0.495 e. The lowest BCUT2D eigenvalue weighted by atomic mass is 10.1. The minimum absolute atomic E-state index is 0.249. The number of rotatable bonds is 3. The summed E-state index contributed by atoms with van der Waals surface area (Å²) in [7, 11) is 1.62. The van der Waals surface area contributed by atoms with Crippen molar-refractivity contribution < 1.29 is 9.53 Å². The number of methoxy groups -OCH3 is 1. The molecule has 0 radical (unpaired) electrons. The maximum atomic E-state index is 12.3. The van der Waals surface area contributed by atoms with E-state index < -0.39 is 0 Å². The van der Waals surface area contributed by atoms with Crippen LogP contribution >= 0.6 is 11.8 Å². The van der Waals surface area contributed by atoms with E-state index in [1.54, 1.807) is 13.3 Å². The summed E-state index contributed by atoms with van der Waals surface area (Å²) in [6.45, 7) is 1.98. The lowest BCUT2D eigenvalue weighted by molar-refractivity contribution is -0.113. The zero-order chi connectivity index (χ0) is 18.8. The van der Waals surface area contributed by atoms with Crippen molar-refractivity contribution in [1.29, 1.82) is 0 Å². The lowest BCUT2D eigenvalue weighted by Crippen LogP contribution is -2.07. The van der Waals surface area contributed by atoms with Crippen LogP contribution in [0.1, 0.15) is 11.1 Å². The van der Waals surface area contributed by atoms with Crippen molar-refractivity contribution in [1.82, 2.24) is 4.98 Å². The van der Waals surface area contributed by atoms with Gasteiger partial charge in [0.1, 0.15) is 5.75 Å². The van der Waals surface area contributed by atoms with Gasteiger partial charge in [-0.15, -0.1) is 0 Å². The summed E-state index contributed by atoms with van der Waals surface area (Å²) in [5, 5.41) is 4.80. The number of anilines is 1. The van der Waals surface area contributed by atoms with Gasteiger partial charge in [0.15, 0.2) is 5.17 Å². The Morgan fingerprint density at radius 3 is 2.89 bits per heavy atom. The van der Waals surface area contributed by atoms with Gasteiger partial charge in [0.25, 0.3) is 5.91 Å². The number of nitrogens with one attached hydrogen (secondary N) is 1. The second kappa shape index (κ2) is 7.25. The van der Waals surface area contributed by atoms with Gasteiger partial charge in [-0.05, 0) is 60.2 Å². The standard InChI is InChI=1S/C21H17N3O2S/c1-13-5-3-7-17(26-2)19(13)23-21-24-20(25)18(27-21)12-14-8-9-16-15(11-14)6-4-10-22-16/h3-12H,1-2H3,(H,23,24,25). The van der Waals surface area contributed by atoms with Crippen molar-refractivity contribution >= 4 is 45.5 Å². The molecule has 1 aliphatic rings. The van der Waals surface area contributed by atoms with Crippen LogP contribution in [0.2, 0.25) is 0 Å². The van der Waals surface area contributed by atoms with Crippen molar-refractivity contribution in [3.8, 4) is 5.75 Å². The van der Waals surface area contributed by atoms with Crippen LogP contribution in [0.25, 0.3) is 17.0 Å². The highest BCUT2D eigenvalue weighted by Crippen LogP contribution is 2.33. The largest absolute Gasteiger partial charge is 0.495 e. The lowest BCUT2D eigenvalue weighted by Gasteiger charge is -2.12. The molecule has 1 N–H and O–H groups in total. The minimum atomic E-state index is -0.249. The molecule has 1 amide bonds. The second-order valence-corrected chi connectivity index (χ2v) is 7.10. The normalized spacial score (nSPS) is 15.3. The van der Waals surface area contributed by atoms with Crippen LogP contribution < -0.4 is 10.1 Å². The fraction of sp³-hybridized carbons (Fsp3) is 0.0952. The number of carbonyl (C=O) groups is 1. The number of nitrogens with zero attached hydrogens (tertiary/aromatic N) is 2. The number of amides is 1. The summed E-state index contributed by atoms with van der Waals surface area (Å²) in [6, 6.07) is 15.6. The zero-order valence-corrected chi connectivity index (χ0v) is 15.7. The molecule has 0 unspecified atom stereocenters. The van der Waals surface area contributed by atoms with Gasteiger partial charge >= 0.3 is 0 Å². The number of benzene rings is 2. The molecule has 2 aromatic carbocycles. The highest BCUT2D eigenvalue weighted by Gasteiger charge is 2.23. The molecule has 5 nitrogen and oxygen atoms in total. The predicted molar refractivity (Wildman–Crippen MR) is 111 cm³/mol. The van der Waals surface area contributed by atoms with E-state index in [-0.39, 0.29) is 5.91 Å². The summed E-state index contributed by atoms with van der Waals surface area (Å²) in [5.74, 6) is 0.464. The van der Waals surface area contributed by atoms with E-state index in [4.69, 9.17) is 4.74 Å². The summed E-state index contributed by atoms with van der Waals surface area (Å²) in [4.78, 5) is 21.3. The monoisotopic (exact) mass is 375 g/mol. The van der Waals surface area contributed by atoms with Gasteiger partial charge in [-0.2, -0.15) is 4.99 Å². The van der Waals surface area contributed by atoms with Crippen molar-refractivity contribution in [3.05, 3.63) is 70.8 Å². The molecule has 0 bridgehead atoms. The van der Waals surface area contributed by atoms with Gasteiger partial charge < -0.3 is 10.1 Å². The molecule has 4 rings (SSSR count). The fourth-order valence-electron chi connectivity index (χ4n) is 2.88. The Morgan fingerprint density at radius 1 is 1.15 bits per heavy atom. The molecule has 2 heterocycles. The number of hydrogen-bond donors (Lipinski definition) is 1. The Bertz CT molecular complexity index is 1110. The summed E-state index contributed by atoms with van der Waals surface area (Å²) in [6.07, 6.45) is 3.62. The Labute approximate surface area is 161 Å². The summed E-state index contributed by atoms with van der Waals surface area (Å²) < 4.78 is 5.39. The van der Waals surface area contributed by atoms with Crippen LogP contribution in [0, 0.1) is 6.92 Å². The number of carbonyl (C=O) groups excluding carboxylic acids is 1. The molecular formula is C21H17N3O2S. The first-order chi connectivity index (χ1) is 13.1. The summed E-state index contributed by atoms with van der Waals surface area (Å²) in [5.41, 5.74) is 3.70. The molecule has 0 atom stereocenters. The molecule has 6 heteroatoms. The Hall–Kier alpha value is -3.12. The fourth-order valence-corrected chi connectivity index (χ4v) is 3.69. The predicted octanol–water partition coefficient (Wildman–Crippen LogP) is 4.63. The average Bonchev–Trinajstić information content (AvgIpc) is 3.02. The molecule has 0 spiro atoms. The molecule has 0 fully saturated rings. The quantitative estimate of drug-likeness (QED) is 0.676. The third-order valence-corrected chi connectivity index (χ3v) is 5.13. The van der Waals surface area contributed by atoms with Gasteiger partial charge in [0.05, 0.1) is 23.2 Å². The van der Waals surface area contributed by atoms with E-state index in [0.717, 1.165) is 27.7 Å². The number of aliphatic imine (C=N–C) groups is 1. The van der Waals surface area contributed by atoms with Crippen LogP contribution in [0.5, 0.6) is 5.75 Å². The van der Waals surface area contributed by atoms with E-state index in [1.807, 2.05) is 61.5 Å². The van der Waals surface area contributed by atoms with Crippen molar-refractivity contribution in [2.45, 2.75) is 6.92 Å². The SMILES string of the molecule is COc1cccc(C)c1NC1=NC(=O)C(=Cc2ccc3ncccc3c2)S1. The molecule has 1 aliphatic heterocycles. The van der Waals surface area contributed by atoms with Crippen LogP contribution in [-0.4, -0.2) is 23.2 Å². The van der Waals surface area contributed by atoms with Gasteiger partial charge in [-0.1, -0.05) is 24.3 Å². The van der Waals surface area contributed by atoms with Crippen molar-refractivity contribution in [2.24, 2.45) is 4.99 Å². The van der Waals surface area contributed by atoms with E-state index in [0.29, 0.717) is 15.8 Å². The molecule has 27 heavy (non-hydrogen) atoms. The van der Waals surface area contributed by atoms with Crippen LogP contribution in [-0.2, 0) is 4.79 Å². The van der Waals surface area contributed by atoms with Crippen molar-refractivity contribution in [3.63, 3.8) is 0 Å². The molecule has 0 saturated heterocycles. The number of fused-ring (bicyclic) bond motifs is 1. The van der Waals surface area contributed by atoms with Crippen LogP contribution in [0.15, 0.2) is 64.6 Å². The number of pyridine rings is 1. The molecule has 0 aliphatic carbocycles. The van der Waals surface area contributed by atoms with Gasteiger partial charge in [0, 0.05) is 11.6 Å². The number of aromatic nitrogens is 1. The first kappa shape index (κ1) is 17.3. The number of aryl methyl sites for hydroxylation is 1. The van der Waals surface area contributed by atoms with E-state index in [9.17, 15) is 4.79 Å². The smallest absolute Gasteiger partial charge is 0.286 e. The van der Waals surface area contributed by atoms with Crippen LogP contribution in [0.3, 0.4) is 0 Å². The number of hydrogen-bond acceptors (Lipinski definition) is 5. The first-order valence-corrected chi connectivity index (χ1v) is 9.24. The molecular weight excluding hydrogens is 358 g/mol. The number of ether oxygens (including phenoxy) is 1. The first-order valence-electron chi connectivity index (χ1n) is 8.42. The molecule has 3 aromatic rings. The Balaban J connectivity index is 1.58. The van der Waals surface area contributed by atoms with Gasteiger partial charge in [0.2, 0.25) is 0 Å². The summed E-state index contributed by atoms with van der Waals surface area (Å²) >= 11 is 1.32. The second-order valence-electron chi connectivity index (χ2n) is 6.07. The Kier molecular flexibility index (Phi) is 4.64. The number of para-hydroxylation sites is 1. The van der Waals surface area contributed by atoms with Gasteiger partial charge in [-0.25, -0.2) is 0 Å². The van der Waals surface area contributed by atoms with E-state index in [2.05, 4.69) is 15.3 Å². The zero-order valence-electron chi connectivity index (χ0n) is 14.9. The van der Waals surface area contributed by atoms with Crippen molar-refractivity contribution in [2.75, 3.05) is 12.4 Å². The maximum Gasteiger partial charge on any atom is 0.286 e. The van der Waals surface area contributed by atoms with E-state index >= 15 is 0 Å².